The first-order valence-electron chi connectivity index (χ1n) is 4.52. The van der Waals surface area contributed by atoms with Crippen molar-refractivity contribution >= 4 is 0 Å². The van der Waals surface area contributed by atoms with Gasteiger partial charge in [0, 0.05) is 0 Å². The maximum atomic E-state index is 13.9. The summed E-state index contributed by atoms with van der Waals surface area (Å²) in [6.45, 7) is 0. The van der Waals surface area contributed by atoms with Gasteiger partial charge in [0.1, 0.15) is 0 Å². The Hall–Kier alpha value is -1.63. The summed E-state index contributed by atoms with van der Waals surface area (Å²) in [5, 5.41) is 0. The molecule has 0 spiro atoms. The molecule has 1 heteroatoms. The van der Waals surface area contributed by atoms with Gasteiger partial charge < -0.3 is 0 Å². The fraction of sp³-hybridized carbons (Fsp3) is 0.0769. The Kier molecular flexibility index (Phi) is 1.48. The smallest absolute Gasteiger partial charge is 0.151 e. The molecule has 2 radical (unpaired) electrons. The Morgan fingerprint density at radius 1 is 0.929 bits per heavy atom. The van der Waals surface area contributed by atoms with Crippen LogP contribution in [0.3, 0.4) is 0 Å². The highest BCUT2D eigenvalue weighted by Crippen LogP contribution is 2.44. The molecule has 0 bridgehead atoms. The van der Waals surface area contributed by atoms with Crippen molar-refractivity contribution in [2.45, 2.75) is 6.17 Å². The van der Waals surface area contributed by atoms with Crippen LogP contribution >= 0.6 is 0 Å². The van der Waals surface area contributed by atoms with Gasteiger partial charge in [-0.2, -0.15) is 0 Å². The van der Waals surface area contributed by atoms with Gasteiger partial charge in [-0.3, -0.25) is 0 Å². The van der Waals surface area contributed by atoms with Crippen molar-refractivity contribution in [3.63, 3.8) is 0 Å². The quantitative estimate of drug-likeness (QED) is 0.586. The zero-order valence-electron chi connectivity index (χ0n) is 7.42. The van der Waals surface area contributed by atoms with Gasteiger partial charge in [0.15, 0.2) is 6.17 Å². The van der Waals surface area contributed by atoms with E-state index in [0.717, 1.165) is 22.3 Å². The van der Waals surface area contributed by atoms with Crippen LogP contribution in [-0.4, -0.2) is 0 Å². The molecule has 0 saturated carbocycles. The van der Waals surface area contributed by atoms with Crippen LogP contribution in [0, 0.1) is 12.1 Å². The van der Waals surface area contributed by atoms with Crippen molar-refractivity contribution < 1.29 is 4.39 Å². The molecule has 0 fully saturated rings. The number of fused-ring (bicyclic) bond motifs is 3. The van der Waals surface area contributed by atoms with Crippen molar-refractivity contribution in [2.24, 2.45) is 0 Å². The highest BCUT2D eigenvalue weighted by Gasteiger charge is 2.27. The SMILES string of the molecule is FC1c2c[c]ccc2-c2cc[c]cc21. The lowest BCUT2D eigenvalue weighted by atomic mass is 10.1. The third-order valence-electron chi connectivity index (χ3n) is 2.63. The first-order valence-corrected chi connectivity index (χ1v) is 4.52. The highest BCUT2D eigenvalue weighted by atomic mass is 19.1. The van der Waals surface area contributed by atoms with Gasteiger partial charge in [0.25, 0.3) is 0 Å². The van der Waals surface area contributed by atoms with E-state index in [0.29, 0.717) is 0 Å². The summed E-state index contributed by atoms with van der Waals surface area (Å²) in [7, 11) is 0. The van der Waals surface area contributed by atoms with Gasteiger partial charge in [-0.25, -0.2) is 4.39 Å². The lowest BCUT2D eigenvalue weighted by molar-refractivity contribution is 0.409. The second kappa shape index (κ2) is 2.68. The summed E-state index contributed by atoms with van der Waals surface area (Å²) >= 11 is 0. The van der Waals surface area contributed by atoms with Gasteiger partial charge in [0.05, 0.1) is 0 Å². The molecule has 3 rings (SSSR count). The van der Waals surface area contributed by atoms with Crippen molar-refractivity contribution in [3.8, 4) is 11.1 Å². The molecule has 0 N–H and O–H groups in total. The minimum absolute atomic E-state index is 0.724. The summed E-state index contributed by atoms with van der Waals surface area (Å²) < 4.78 is 13.9. The number of halogens is 1. The van der Waals surface area contributed by atoms with E-state index < -0.39 is 6.17 Å². The Balaban J connectivity index is 2.36. The average molecular weight is 182 g/mol. The monoisotopic (exact) mass is 182 g/mol. The van der Waals surface area contributed by atoms with Crippen molar-refractivity contribution in [1.82, 2.24) is 0 Å². The molecule has 0 aliphatic heterocycles. The van der Waals surface area contributed by atoms with Crippen LogP contribution < -0.4 is 0 Å². The lowest BCUT2D eigenvalue weighted by Crippen LogP contribution is -1.86. The van der Waals surface area contributed by atoms with E-state index in [2.05, 4.69) is 12.1 Å². The molecule has 0 unspecified atom stereocenters. The van der Waals surface area contributed by atoms with Crippen LogP contribution in [0.1, 0.15) is 17.3 Å². The number of benzene rings is 2. The Labute approximate surface area is 82.0 Å². The third kappa shape index (κ3) is 0.869. The summed E-state index contributed by atoms with van der Waals surface area (Å²) in [5.41, 5.74) is 3.42. The molecule has 1 aliphatic carbocycles. The van der Waals surface area contributed by atoms with Crippen molar-refractivity contribution in [2.75, 3.05) is 0 Å². The zero-order valence-corrected chi connectivity index (χ0v) is 7.42. The number of rotatable bonds is 0. The molecule has 0 nitrogen and oxygen atoms in total. The molecule has 66 valence electrons. The zero-order chi connectivity index (χ0) is 9.54. The molecular formula is C13H7F. The fourth-order valence-electron chi connectivity index (χ4n) is 1.96. The minimum Gasteiger partial charge on any atom is -0.237 e. The molecule has 2 aromatic rings. The van der Waals surface area contributed by atoms with E-state index in [-0.39, 0.29) is 0 Å². The topological polar surface area (TPSA) is 0 Å². The van der Waals surface area contributed by atoms with E-state index in [9.17, 15) is 4.39 Å². The summed E-state index contributed by atoms with van der Waals surface area (Å²) in [6, 6.07) is 16.7. The van der Waals surface area contributed by atoms with Crippen LogP contribution in [0.25, 0.3) is 11.1 Å². The van der Waals surface area contributed by atoms with E-state index in [4.69, 9.17) is 0 Å². The largest absolute Gasteiger partial charge is 0.237 e. The predicted molar refractivity (Wildman–Crippen MR) is 52.5 cm³/mol. The summed E-state index contributed by atoms with van der Waals surface area (Å²) in [4.78, 5) is 0. The molecule has 0 aromatic heterocycles. The number of hydrogen-bond donors (Lipinski definition) is 0. The second-order valence-corrected chi connectivity index (χ2v) is 3.39. The van der Waals surface area contributed by atoms with Gasteiger partial charge >= 0.3 is 0 Å². The summed E-state index contributed by atoms with van der Waals surface area (Å²) in [5.74, 6) is 0. The van der Waals surface area contributed by atoms with Gasteiger partial charge in [-0.1, -0.05) is 24.3 Å². The minimum atomic E-state index is -1.00. The standard InChI is InChI=1S/C13H7F/c14-13-11-7-3-1-5-9(11)10-6-2-4-8-12(10)13/h1-2,5-8,13H. The van der Waals surface area contributed by atoms with Crippen molar-refractivity contribution in [1.29, 1.82) is 0 Å². The fourth-order valence-corrected chi connectivity index (χ4v) is 1.96. The summed E-state index contributed by atoms with van der Waals surface area (Å²) in [6.07, 6.45) is -1.00. The molecule has 1 aliphatic rings. The molecule has 0 atom stereocenters. The normalized spacial score (nSPS) is 13.8. The number of hydrogen-bond acceptors (Lipinski definition) is 0. The maximum absolute atomic E-state index is 13.9. The predicted octanol–water partition coefficient (Wildman–Crippen LogP) is 3.33. The van der Waals surface area contributed by atoms with Crippen molar-refractivity contribution in [3.05, 3.63) is 59.7 Å². The van der Waals surface area contributed by atoms with E-state index in [1.54, 1.807) is 12.1 Å². The van der Waals surface area contributed by atoms with Crippen LogP contribution in [0.2, 0.25) is 0 Å². The number of alkyl halides is 1. The molecule has 2 aromatic carbocycles. The van der Waals surface area contributed by atoms with Gasteiger partial charge in [-0.15, -0.1) is 0 Å². The van der Waals surface area contributed by atoms with Crippen LogP contribution in [0.5, 0.6) is 0 Å². The van der Waals surface area contributed by atoms with Crippen LogP contribution in [-0.2, 0) is 0 Å². The van der Waals surface area contributed by atoms with Gasteiger partial charge in [-0.05, 0) is 46.5 Å². The van der Waals surface area contributed by atoms with Crippen LogP contribution in [0.4, 0.5) is 4.39 Å². The first kappa shape index (κ1) is 7.74. The average Bonchev–Trinajstić information content (AvgIpc) is 2.55. The highest BCUT2D eigenvalue weighted by molar-refractivity contribution is 5.77. The second-order valence-electron chi connectivity index (χ2n) is 3.39. The maximum Gasteiger partial charge on any atom is 0.151 e. The first-order chi connectivity index (χ1) is 6.88. The van der Waals surface area contributed by atoms with Gasteiger partial charge in [0.2, 0.25) is 0 Å². The van der Waals surface area contributed by atoms with E-state index in [1.807, 2.05) is 24.3 Å². The Morgan fingerprint density at radius 2 is 1.43 bits per heavy atom. The molecule has 0 heterocycles. The molecule has 0 amide bonds. The molecular weight excluding hydrogens is 175 g/mol. The molecule has 0 saturated heterocycles. The Morgan fingerprint density at radius 3 is 1.93 bits per heavy atom. The van der Waals surface area contributed by atoms with E-state index >= 15 is 0 Å². The Bertz CT molecular complexity index is 443. The third-order valence-corrected chi connectivity index (χ3v) is 2.63. The molecule has 14 heavy (non-hydrogen) atoms. The lowest BCUT2D eigenvalue weighted by Gasteiger charge is -2.00. The van der Waals surface area contributed by atoms with Crippen LogP contribution in [0.15, 0.2) is 36.4 Å². The van der Waals surface area contributed by atoms with E-state index in [1.165, 1.54) is 0 Å².